The highest BCUT2D eigenvalue weighted by molar-refractivity contribution is 6.24. The van der Waals surface area contributed by atoms with Gasteiger partial charge in [-0.05, 0) is 50.4 Å². The molecule has 0 saturated carbocycles. The maximum absolute atomic E-state index is 13.0. The van der Waals surface area contributed by atoms with E-state index >= 15 is 0 Å². The minimum atomic E-state index is -0.965. The van der Waals surface area contributed by atoms with Gasteiger partial charge in [0, 0.05) is 6.42 Å². The zero-order chi connectivity index (χ0) is 19.0. The second-order valence-electron chi connectivity index (χ2n) is 7.13. The molecule has 8 heteroatoms. The van der Waals surface area contributed by atoms with Crippen molar-refractivity contribution >= 4 is 23.6 Å². The number of benzene rings is 1. The number of nitrogens with one attached hydrogen (secondary N) is 2. The van der Waals surface area contributed by atoms with Crippen molar-refractivity contribution in [3.8, 4) is 5.75 Å². The number of imide groups is 2. The maximum Gasteiger partial charge on any atom is 0.266 e. The minimum Gasteiger partial charge on any atom is -0.492 e. The van der Waals surface area contributed by atoms with Crippen LogP contribution in [0.4, 0.5) is 0 Å². The number of carbonyl (C=O) groups is 4. The van der Waals surface area contributed by atoms with E-state index in [0.717, 1.165) is 30.8 Å². The van der Waals surface area contributed by atoms with Gasteiger partial charge in [0.2, 0.25) is 11.8 Å². The Labute approximate surface area is 156 Å². The smallest absolute Gasteiger partial charge is 0.266 e. The monoisotopic (exact) mass is 371 g/mol. The molecule has 4 rings (SSSR count). The molecule has 3 aliphatic rings. The molecule has 0 aromatic heterocycles. The van der Waals surface area contributed by atoms with E-state index in [9.17, 15) is 19.2 Å². The number of fused-ring (bicyclic) bond motifs is 1. The molecule has 0 spiro atoms. The summed E-state index contributed by atoms with van der Waals surface area (Å²) < 4.78 is 5.90. The Morgan fingerprint density at radius 2 is 1.81 bits per heavy atom. The van der Waals surface area contributed by atoms with Gasteiger partial charge in [-0.3, -0.25) is 29.4 Å². The van der Waals surface area contributed by atoms with Gasteiger partial charge in [-0.25, -0.2) is 0 Å². The standard InChI is InChI=1S/C19H21N3O5/c23-15-5-4-13(17(24)21-15)22-18(25)12-2-1-3-14(16(12)19(22)26)27-10-11-6-8-20-9-7-11/h1-3,11,13,20H,4-10H2,(H,21,23,24). The summed E-state index contributed by atoms with van der Waals surface area (Å²) >= 11 is 0. The summed E-state index contributed by atoms with van der Waals surface area (Å²) in [5.74, 6) is -1.28. The van der Waals surface area contributed by atoms with Crippen LogP contribution in [0.25, 0.3) is 0 Å². The first-order chi connectivity index (χ1) is 13.1. The van der Waals surface area contributed by atoms with Crippen molar-refractivity contribution in [2.45, 2.75) is 31.7 Å². The van der Waals surface area contributed by atoms with Gasteiger partial charge in [0.1, 0.15) is 11.8 Å². The van der Waals surface area contributed by atoms with Crippen molar-refractivity contribution in [2.24, 2.45) is 5.92 Å². The quantitative estimate of drug-likeness (QED) is 0.746. The van der Waals surface area contributed by atoms with Crippen molar-refractivity contribution in [1.82, 2.24) is 15.5 Å². The fraction of sp³-hybridized carbons (Fsp3) is 0.474. The average molecular weight is 371 g/mol. The zero-order valence-corrected chi connectivity index (χ0v) is 14.8. The van der Waals surface area contributed by atoms with Crippen LogP contribution in [0.1, 0.15) is 46.4 Å². The number of rotatable bonds is 4. The van der Waals surface area contributed by atoms with Gasteiger partial charge in [-0.1, -0.05) is 6.07 Å². The van der Waals surface area contributed by atoms with E-state index in [1.54, 1.807) is 18.2 Å². The number of nitrogens with zero attached hydrogens (tertiary/aromatic N) is 1. The largest absolute Gasteiger partial charge is 0.492 e. The summed E-state index contributed by atoms with van der Waals surface area (Å²) in [6.07, 6.45) is 2.25. The van der Waals surface area contributed by atoms with Crippen LogP contribution in [-0.2, 0) is 9.59 Å². The molecule has 1 atom stereocenters. The molecule has 0 radical (unpaired) electrons. The van der Waals surface area contributed by atoms with Crippen LogP contribution in [0.2, 0.25) is 0 Å². The Hall–Kier alpha value is -2.74. The number of hydrogen-bond acceptors (Lipinski definition) is 6. The van der Waals surface area contributed by atoms with E-state index in [-0.39, 0.29) is 29.9 Å². The molecule has 8 nitrogen and oxygen atoms in total. The van der Waals surface area contributed by atoms with Crippen molar-refractivity contribution in [1.29, 1.82) is 0 Å². The normalized spacial score (nSPS) is 23.4. The number of piperidine rings is 2. The first-order valence-electron chi connectivity index (χ1n) is 9.24. The van der Waals surface area contributed by atoms with E-state index in [2.05, 4.69) is 10.6 Å². The molecular formula is C19H21N3O5. The summed E-state index contributed by atoms with van der Waals surface area (Å²) in [4.78, 5) is 50.2. The highest BCUT2D eigenvalue weighted by Crippen LogP contribution is 2.34. The fourth-order valence-corrected chi connectivity index (χ4v) is 3.86. The Balaban J connectivity index is 1.55. The van der Waals surface area contributed by atoms with Crippen molar-refractivity contribution in [2.75, 3.05) is 19.7 Å². The molecule has 1 aromatic rings. The highest BCUT2D eigenvalue weighted by Gasteiger charge is 2.46. The fourth-order valence-electron chi connectivity index (χ4n) is 3.86. The summed E-state index contributed by atoms with van der Waals surface area (Å²) in [5, 5.41) is 5.49. The lowest BCUT2D eigenvalue weighted by molar-refractivity contribution is -0.136. The van der Waals surface area contributed by atoms with Gasteiger partial charge < -0.3 is 10.1 Å². The molecule has 2 fully saturated rings. The molecule has 0 aliphatic carbocycles. The highest BCUT2D eigenvalue weighted by atomic mass is 16.5. The third-order valence-corrected chi connectivity index (χ3v) is 5.36. The van der Waals surface area contributed by atoms with Crippen LogP contribution in [0.5, 0.6) is 5.75 Å². The first-order valence-corrected chi connectivity index (χ1v) is 9.24. The molecule has 3 heterocycles. The predicted molar refractivity (Wildman–Crippen MR) is 94.2 cm³/mol. The van der Waals surface area contributed by atoms with E-state index in [1.807, 2.05) is 0 Å². The van der Waals surface area contributed by atoms with Crippen LogP contribution >= 0.6 is 0 Å². The van der Waals surface area contributed by atoms with Gasteiger partial charge in [0.15, 0.2) is 0 Å². The minimum absolute atomic E-state index is 0.100. The van der Waals surface area contributed by atoms with Crippen LogP contribution in [0.3, 0.4) is 0 Å². The lowest BCUT2D eigenvalue weighted by Gasteiger charge is -2.27. The van der Waals surface area contributed by atoms with Crippen LogP contribution in [0, 0.1) is 5.92 Å². The topological polar surface area (TPSA) is 105 Å². The average Bonchev–Trinajstić information content (AvgIpc) is 2.93. The molecule has 27 heavy (non-hydrogen) atoms. The zero-order valence-electron chi connectivity index (χ0n) is 14.8. The summed E-state index contributed by atoms with van der Waals surface area (Å²) in [6, 6.07) is 3.96. The van der Waals surface area contributed by atoms with Crippen molar-refractivity contribution in [3.63, 3.8) is 0 Å². The summed E-state index contributed by atoms with van der Waals surface area (Å²) in [7, 11) is 0. The van der Waals surface area contributed by atoms with Crippen LogP contribution in [-0.4, -0.2) is 54.3 Å². The lowest BCUT2D eigenvalue weighted by atomic mass is 9.99. The molecule has 1 unspecified atom stereocenters. The maximum atomic E-state index is 13.0. The first kappa shape index (κ1) is 17.7. The Kier molecular flexibility index (Phi) is 4.65. The Bertz CT molecular complexity index is 816. The molecule has 1 aromatic carbocycles. The third kappa shape index (κ3) is 3.21. The second-order valence-corrected chi connectivity index (χ2v) is 7.13. The number of carbonyl (C=O) groups excluding carboxylic acids is 4. The Morgan fingerprint density at radius 3 is 2.56 bits per heavy atom. The molecule has 4 amide bonds. The SMILES string of the molecule is O=C1CCC(N2C(=O)c3cccc(OCC4CCNCC4)c3C2=O)C(=O)N1. The van der Waals surface area contributed by atoms with Crippen molar-refractivity contribution < 1.29 is 23.9 Å². The Morgan fingerprint density at radius 1 is 1.04 bits per heavy atom. The van der Waals surface area contributed by atoms with Gasteiger partial charge in [0.25, 0.3) is 11.8 Å². The van der Waals surface area contributed by atoms with E-state index in [0.29, 0.717) is 18.3 Å². The van der Waals surface area contributed by atoms with Gasteiger partial charge in [-0.15, -0.1) is 0 Å². The molecule has 0 bridgehead atoms. The van der Waals surface area contributed by atoms with E-state index < -0.39 is 23.8 Å². The third-order valence-electron chi connectivity index (χ3n) is 5.36. The second kappa shape index (κ2) is 7.11. The van der Waals surface area contributed by atoms with Gasteiger partial charge >= 0.3 is 0 Å². The molecule has 2 N–H and O–H groups in total. The number of hydrogen-bond donors (Lipinski definition) is 2. The molecule has 142 valence electrons. The van der Waals surface area contributed by atoms with Gasteiger partial charge in [0.05, 0.1) is 17.7 Å². The molecule has 2 saturated heterocycles. The predicted octanol–water partition coefficient (Wildman–Crippen LogP) is 0.466. The summed E-state index contributed by atoms with van der Waals surface area (Å²) in [5.41, 5.74) is 0.452. The lowest BCUT2D eigenvalue weighted by Crippen LogP contribution is -2.54. The van der Waals surface area contributed by atoms with E-state index in [4.69, 9.17) is 4.74 Å². The van der Waals surface area contributed by atoms with Gasteiger partial charge in [-0.2, -0.15) is 0 Å². The van der Waals surface area contributed by atoms with Crippen molar-refractivity contribution in [3.05, 3.63) is 29.3 Å². The molecular weight excluding hydrogens is 350 g/mol. The van der Waals surface area contributed by atoms with Crippen LogP contribution in [0.15, 0.2) is 18.2 Å². The van der Waals surface area contributed by atoms with E-state index in [1.165, 1.54) is 0 Å². The number of ether oxygens (including phenoxy) is 1. The number of amides is 4. The molecule has 3 aliphatic heterocycles. The van der Waals surface area contributed by atoms with Crippen LogP contribution < -0.4 is 15.4 Å². The summed E-state index contributed by atoms with van der Waals surface area (Å²) in [6.45, 7) is 2.38.